The summed E-state index contributed by atoms with van der Waals surface area (Å²) in [6, 6.07) is 8.28. The highest BCUT2D eigenvalue weighted by atomic mass is 16.5. The minimum absolute atomic E-state index is 0.120. The number of ether oxygens (including phenoxy) is 1. The molecule has 1 heterocycles. The molecule has 3 rings (SSSR count). The Hall–Kier alpha value is -1.55. The summed E-state index contributed by atoms with van der Waals surface area (Å²) in [7, 11) is 1.64. The number of carbonyl (C=O) groups is 1. The molecule has 120 valence electrons. The second-order valence-corrected chi connectivity index (χ2v) is 6.66. The van der Waals surface area contributed by atoms with Crippen LogP contribution < -0.4 is 15.0 Å². The number of benzene rings is 1. The van der Waals surface area contributed by atoms with Gasteiger partial charge in [-0.3, -0.25) is 4.79 Å². The van der Waals surface area contributed by atoms with E-state index in [9.17, 15) is 4.79 Å². The lowest BCUT2D eigenvalue weighted by Gasteiger charge is -2.40. The third-order valence-corrected chi connectivity index (χ3v) is 5.25. The molecule has 0 radical (unpaired) electrons. The number of fused-ring (bicyclic) bond motifs is 1. The van der Waals surface area contributed by atoms with Crippen molar-refractivity contribution < 1.29 is 14.4 Å². The van der Waals surface area contributed by atoms with Gasteiger partial charge in [-0.2, -0.15) is 0 Å². The maximum absolute atomic E-state index is 12.4. The van der Waals surface area contributed by atoms with Crippen LogP contribution in [-0.2, 0) is 4.79 Å². The average molecular weight is 303 g/mol. The van der Waals surface area contributed by atoms with Crippen LogP contribution in [0.2, 0.25) is 0 Å². The first-order valence-electron chi connectivity index (χ1n) is 8.55. The van der Waals surface area contributed by atoms with Gasteiger partial charge in [0, 0.05) is 17.7 Å². The maximum Gasteiger partial charge on any atom is 0.279 e. The van der Waals surface area contributed by atoms with E-state index < -0.39 is 0 Å². The van der Waals surface area contributed by atoms with Crippen molar-refractivity contribution >= 4 is 11.6 Å². The van der Waals surface area contributed by atoms with Crippen LogP contribution in [0.15, 0.2) is 24.3 Å². The zero-order valence-electron chi connectivity index (χ0n) is 13.4. The Morgan fingerprint density at radius 2 is 2.09 bits per heavy atom. The van der Waals surface area contributed by atoms with Gasteiger partial charge in [0.05, 0.1) is 19.7 Å². The van der Waals surface area contributed by atoms with Crippen LogP contribution in [0.5, 0.6) is 5.75 Å². The van der Waals surface area contributed by atoms with Crippen molar-refractivity contribution in [2.45, 2.75) is 44.6 Å². The van der Waals surface area contributed by atoms with Gasteiger partial charge in [-0.1, -0.05) is 12.5 Å². The van der Waals surface area contributed by atoms with Gasteiger partial charge in [-0.15, -0.1) is 0 Å². The van der Waals surface area contributed by atoms with E-state index in [0.29, 0.717) is 12.6 Å². The SMILES string of the molecule is COc1cccc(NC(=O)C[NH+]2CCC[C@@H]3CCCC[C@@H]32)c1. The number of methoxy groups -OCH3 is 1. The lowest BCUT2D eigenvalue weighted by molar-refractivity contribution is -0.928. The predicted octanol–water partition coefficient (Wildman–Crippen LogP) is 1.87. The summed E-state index contributed by atoms with van der Waals surface area (Å²) in [4.78, 5) is 13.9. The zero-order valence-corrected chi connectivity index (χ0v) is 13.4. The van der Waals surface area contributed by atoms with E-state index in [1.54, 1.807) is 7.11 Å². The van der Waals surface area contributed by atoms with Crippen molar-refractivity contribution in [2.24, 2.45) is 5.92 Å². The van der Waals surface area contributed by atoms with Gasteiger partial charge >= 0.3 is 0 Å². The summed E-state index contributed by atoms with van der Waals surface area (Å²) in [6.45, 7) is 1.74. The Morgan fingerprint density at radius 1 is 1.27 bits per heavy atom. The van der Waals surface area contributed by atoms with Gasteiger partial charge < -0.3 is 15.0 Å². The summed E-state index contributed by atoms with van der Waals surface area (Å²) in [5, 5.41) is 3.02. The minimum Gasteiger partial charge on any atom is -0.497 e. The highest BCUT2D eigenvalue weighted by molar-refractivity contribution is 5.91. The summed E-state index contributed by atoms with van der Waals surface area (Å²) in [5.41, 5.74) is 0.820. The molecular formula is C18H27N2O2+. The predicted molar refractivity (Wildman–Crippen MR) is 87.3 cm³/mol. The van der Waals surface area contributed by atoms with Crippen LogP contribution in [0.4, 0.5) is 5.69 Å². The number of nitrogens with one attached hydrogen (secondary N) is 2. The summed E-state index contributed by atoms with van der Waals surface area (Å²) in [6.07, 6.45) is 8.01. The van der Waals surface area contributed by atoms with Crippen molar-refractivity contribution in [3.63, 3.8) is 0 Å². The first kappa shape index (κ1) is 15.3. The van der Waals surface area contributed by atoms with E-state index in [1.807, 2.05) is 24.3 Å². The normalized spacial score (nSPS) is 27.8. The van der Waals surface area contributed by atoms with Crippen molar-refractivity contribution in [1.82, 2.24) is 0 Å². The molecule has 1 aromatic rings. The number of hydrogen-bond acceptors (Lipinski definition) is 2. The molecule has 22 heavy (non-hydrogen) atoms. The fourth-order valence-corrected chi connectivity index (χ4v) is 4.20. The molecule has 1 aliphatic heterocycles. The van der Waals surface area contributed by atoms with Crippen LogP contribution >= 0.6 is 0 Å². The van der Waals surface area contributed by atoms with Gasteiger partial charge in [0.1, 0.15) is 5.75 Å². The van der Waals surface area contributed by atoms with Crippen LogP contribution in [0, 0.1) is 5.92 Å². The van der Waals surface area contributed by atoms with Gasteiger partial charge in [0.15, 0.2) is 6.54 Å². The quantitative estimate of drug-likeness (QED) is 0.892. The van der Waals surface area contributed by atoms with E-state index in [-0.39, 0.29) is 5.91 Å². The first-order chi connectivity index (χ1) is 10.8. The van der Waals surface area contributed by atoms with E-state index in [0.717, 1.165) is 23.9 Å². The van der Waals surface area contributed by atoms with Crippen LogP contribution in [0.3, 0.4) is 0 Å². The number of piperidine rings is 1. The molecule has 1 aromatic carbocycles. The summed E-state index contributed by atoms with van der Waals surface area (Å²) >= 11 is 0. The highest BCUT2D eigenvalue weighted by Crippen LogP contribution is 2.28. The first-order valence-corrected chi connectivity index (χ1v) is 8.55. The average Bonchev–Trinajstić information content (AvgIpc) is 2.55. The molecule has 4 heteroatoms. The molecule has 1 amide bonds. The molecule has 4 nitrogen and oxygen atoms in total. The molecule has 3 atom stereocenters. The summed E-state index contributed by atoms with van der Waals surface area (Å²) < 4.78 is 5.20. The summed E-state index contributed by atoms with van der Waals surface area (Å²) in [5.74, 6) is 1.74. The molecule has 1 saturated heterocycles. The van der Waals surface area contributed by atoms with E-state index in [1.165, 1.54) is 43.4 Å². The Morgan fingerprint density at radius 3 is 2.95 bits per heavy atom. The minimum atomic E-state index is 0.120. The molecule has 1 saturated carbocycles. The van der Waals surface area contributed by atoms with E-state index in [4.69, 9.17) is 4.74 Å². The van der Waals surface area contributed by atoms with E-state index >= 15 is 0 Å². The van der Waals surface area contributed by atoms with Crippen molar-refractivity contribution in [1.29, 1.82) is 0 Å². The van der Waals surface area contributed by atoms with E-state index in [2.05, 4.69) is 5.32 Å². The topological polar surface area (TPSA) is 42.8 Å². The maximum atomic E-state index is 12.4. The molecule has 2 fully saturated rings. The lowest BCUT2D eigenvalue weighted by atomic mass is 9.78. The third-order valence-electron chi connectivity index (χ3n) is 5.25. The van der Waals surface area contributed by atoms with Gasteiger partial charge in [-0.25, -0.2) is 0 Å². The fraction of sp³-hybridized carbons (Fsp3) is 0.611. The number of amides is 1. The number of quaternary nitrogens is 1. The zero-order chi connectivity index (χ0) is 15.4. The Balaban J connectivity index is 1.58. The molecule has 1 unspecified atom stereocenters. The molecular weight excluding hydrogens is 276 g/mol. The van der Waals surface area contributed by atoms with Crippen LogP contribution in [0.1, 0.15) is 38.5 Å². The lowest BCUT2D eigenvalue weighted by Crippen LogP contribution is -3.18. The Kier molecular flexibility index (Phi) is 4.98. The number of rotatable bonds is 4. The molecule has 0 aromatic heterocycles. The monoisotopic (exact) mass is 303 g/mol. The largest absolute Gasteiger partial charge is 0.497 e. The number of likely N-dealkylation sites (tertiary alicyclic amines) is 1. The second-order valence-electron chi connectivity index (χ2n) is 6.66. The van der Waals surface area contributed by atoms with Crippen molar-refractivity contribution in [3.05, 3.63) is 24.3 Å². The van der Waals surface area contributed by atoms with Gasteiger partial charge in [-0.05, 0) is 44.2 Å². The van der Waals surface area contributed by atoms with Crippen LogP contribution in [0.25, 0.3) is 0 Å². The Bertz CT molecular complexity index is 516. The van der Waals surface area contributed by atoms with Gasteiger partial charge in [0.2, 0.25) is 0 Å². The molecule has 2 aliphatic rings. The third kappa shape index (κ3) is 3.61. The second kappa shape index (κ2) is 7.14. The van der Waals surface area contributed by atoms with Crippen molar-refractivity contribution in [3.8, 4) is 5.75 Å². The standard InChI is InChI=1S/C18H26N2O2/c1-22-16-9-4-8-15(12-16)19-18(21)13-20-11-5-7-14-6-2-3-10-17(14)20/h4,8-9,12,14,17H,2-3,5-7,10-11,13H2,1H3,(H,19,21)/p+1/t14-,17-/m0/s1. The van der Waals surface area contributed by atoms with Gasteiger partial charge in [0.25, 0.3) is 5.91 Å². The smallest absolute Gasteiger partial charge is 0.279 e. The van der Waals surface area contributed by atoms with Crippen LogP contribution in [-0.4, -0.2) is 32.1 Å². The number of carbonyl (C=O) groups excluding carboxylic acids is 1. The Labute approximate surface area is 132 Å². The fourth-order valence-electron chi connectivity index (χ4n) is 4.20. The molecule has 0 spiro atoms. The molecule has 1 aliphatic carbocycles. The number of hydrogen-bond donors (Lipinski definition) is 2. The molecule has 2 N–H and O–H groups in total. The highest BCUT2D eigenvalue weighted by Gasteiger charge is 2.37. The molecule has 0 bridgehead atoms. The van der Waals surface area contributed by atoms with Crippen molar-refractivity contribution in [2.75, 3.05) is 25.5 Å². The number of anilines is 1.